The molecule has 0 aliphatic rings. The number of rotatable bonds is 9. The van der Waals surface area contributed by atoms with E-state index in [1.54, 1.807) is 30.1 Å². The van der Waals surface area contributed by atoms with Crippen LogP contribution in [0.4, 0.5) is 0 Å². The average Bonchev–Trinajstić information content (AvgIpc) is 3.23. The van der Waals surface area contributed by atoms with E-state index >= 15 is 0 Å². The maximum atomic E-state index is 11.2. The first-order valence-electron chi connectivity index (χ1n) is 11.4. The third-order valence-corrected chi connectivity index (χ3v) is 5.49. The molecule has 0 saturated carbocycles. The normalized spacial score (nSPS) is 12.9. The average molecular weight is 487 g/mol. The Morgan fingerprint density at radius 3 is 2.75 bits per heavy atom. The molecule has 0 aliphatic carbocycles. The first-order chi connectivity index (χ1) is 17.3. The number of hydroxylamine groups is 1. The zero-order valence-corrected chi connectivity index (χ0v) is 20.8. The van der Waals surface area contributed by atoms with E-state index in [1.165, 1.54) is 0 Å². The van der Waals surface area contributed by atoms with Gasteiger partial charge in [0.05, 0.1) is 28.0 Å². The molecule has 0 atom stereocenters. The number of nitrogens with two attached hydrogens (primary N) is 1. The number of aliphatic imine (C=N–C) groups is 2. The largest absolute Gasteiger partial charge is 0.383 e. The van der Waals surface area contributed by atoms with Crippen LogP contribution in [-0.4, -0.2) is 39.4 Å². The van der Waals surface area contributed by atoms with Crippen LogP contribution in [0.2, 0.25) is 0 Å². The zero-order valence-electron chi connectivity index (χ0n) is 20.8. The molecule has 0 spiro atoms. The second-order valence-corrected chi connectivity index (χ2v) is 8.75. The van der Waals surface area contributed by atoms with Gasteiger partial charge in [0.2, 0.25) is 6.41 Å². The Labute approximate surface area is 209 Å². The van der Waals surface area contributed by atoms with Gasteiger partial charge in [-0.3, -0.25) is 25.5 Å². The van der Waals surface area contributed by atoms with Crippen LogP contribution in [0.15, 0.2) is 58.3 Å². The molecule has 1 aromatic carbocycles. The Bertz CT molecular complexity index is 1390. The third-order valence-electron chi connectivity index (χ3n) is 5.49. The lowest BCUT2D eigenvalue weighted by Gasteiger charge is -2.19. The van der Waals surface area contributed by atoms with Gasteiger partial charge in [0.1, 0.15) is 11.9 Å². The summed E-state index contributed by atoms with van der Waals surface area (Å²) in [5.41, 5.74) is 12.9. The van der Waals surface area contributed by atoms with Gasteiger partial charge in [-0.05, 0) is 42.7 Å². The van der Waals surface area contributed by atoms with Crippen LogP contribution < -0.4 is 16.5 Å². The number of carbonyl (C=O) groups is 1. The molecule has 2 heterocycles. The minimum absolute atomic E-state index is 0.0458. The molecule has 0 fully saturated rings. The lowest BCUT2D eigenvalue weighted by atomic mass is 10.0. The van der Waals surface area contributed by atoms with E-state index in [9.17, 15) is 15.3 Å². The molecule has 186 valence electrons. The highest BCUT2D eigenvalue weighted by Crippen LogP contribution is 2.23. The SMILES string of the molecule is Cc1ccc2nccc(CN/C(=C(\C(N)=NC=O)C(=NCC(C)C)NO)c3cc(C#N)cn3C)c2c1. The van der Waals surface area contributed by atoms with Crippen molar-refractivity contribution in [3.8, 4) is 6.07 Å². The molecule has 10 nitrogen and oxygen atoms in total. The number of benzene rings is 1. The number of hydrogen-bond donors (Lipinski definition) is 4. The molecule has 0 unspecified atom stereocenters. The molecule has 0 saturated heterocycles. The summed E-state index contributed by atoms with van der Waals surface area (Å²) in [6.07, 6.45) is 3.74. The Morgan fingerprint density at radius 2 is 2.11 bits per heavy atom. The number of hydrogen-bond acceptors (Lipinski definition) is 6. The Hall–Kier alpha value is -4.49. The van der Waals surface area contributed by atoms with E-state index in [0.717, 1.165) is 22.0 Å². The monoisotopic (exact) mass is 486 g/mol. The van der Waals surface area contributed by atoms with Gasteiger partial charge in [0.15, 0.2) is 5.84 Å². The van der Waals surface area contributed by atoms with Gasteiger partial charge in [-0.15, -0.1) is 0 Å². The quantitative estimate of drug-likeness (QED) is 0.157. The number of carbonyl (C=O) groups excluding carboxylic acids is 1. The van der Waals surface area contributed by atoms with E-state index in [4.69, 9.17) is 5.73 Å². The topological polar surface area (TPSA) is 154 Å². The summed E-state index contributed by atoms with van der Waals surface area (Å²) < 4.78 is 1.75. The van der Waals surface area contributed by atoms with Crippen molar-refractivity contribution in [2.24, 2.45) is 28.7 Å². The summed E-state index contributed by atoms with van der Waals surface area (Å²) in [6, 6.07) is 11.8. The van der Waals surface area contributed by atoms with E-state index in [2.05, 4.69) is 37.9 Å². The smallest absolute Gasteiger partial charge is 0.234 e. The summed E-state index contributed by atoms with van der Waals surface area (Å²) in [5.74, 6) is 0.0954. The van der Waals surface area contributed by atoms with Gasteiger partial charge < -0.3 is 15.6 Å². The molecule has 0 radical (unpaired) electrons. The second kappa shape index (κ2) is 11.8. The first-order valence-corrected chi connectivity index (χ1v) is 11.4. The number of aryl methyl sites for hydroxylation is 2. The summed E-state index contributed by atoms with van der Waals surface area (Å²) in [6.45, 7) is 6.72. The van der Waals surface area contributed by atoms with E-state index < -0.39 is 0 Å². The number of nitrogens with zero attached hydrogens (tertiary/aromatic N) is 5. The van der Waals surface area contributed by atoms with Gasteiger partial charge in [-0.2, -0.15) is 10.3 Å². The number of nitrogens with one attached hydrogen (secondary N) is 2. The lowest BCUT2D eigenvalue weighted by molar-refractivity contribution is -0.106. The lowest BCUT2D eigenvalue weighted by Crippen LogP contribution is -2.34. The second-order valence-electron chi connectivity index (χ2n) is 8.75. The number of fused-ring (bicyclic) bond motifs is 1. The van der Waals surface area contributed by atoms with E-state index in [0.29, 0.717) is 36.5 Å². The van der Waals surface area contributed by atoms with Crippen LogP contribution >= 0.6 is 0 Å². The van der Waals surface area contributed by atoms with Gasteiger partial charge in [-0.1, -0.05) is 25.5 Å². The number of nitriles is 1. The fourth-order valence-corrected chi connectivity index (χ4v) is 3.77. The van der Waals surface area contributed by atoms with Crippen molar-refractivity contribution < 1.29 is 10.0 Å². The number of pyridine rings is 1. The van der Waals surface area contributed by atoms with E-state index in [-0.39, 0.29) is 23.2 Å². The fraction of sp³-hybridized carbons (Fsp3) is 0.269. The number of amides is 1. The van der Waals surface area contributed by atoms with Crippen LogP contribution in [0.5, 0.6) is 0 Å². The van der Waals surface area contributed by atoms with Crippen molar-refractivity contribution in [1.29, 1.82) is 5.26 Å². The van der Waals surface area contributed by atoms with Crippen molar-refractivity contribution in [2.45, 2.75) is 27.3 Å². The molecular weight excluding hydrogens is 456 g/mol. The maximum Gasteiger partial charge on any atom is 0.234 e. The van der Waals surface area contributed by atoms with Crippen LogP contribution in [0.1, 0.15) is 36.2 Å². The van der Waals surface area contributed by atoms with Crippen molar-refractivity contribution in [3.63, 3.8) is 0 Å². The standard InChI is InChI=1S/C26H30N8O2/c1-16(2)12-31-26(33-36)23(25(28)32-15-35)24(22-10-18(11-27)14-34(22)4)30-13-19-7-8-29-21-6-5-17(3)9-20(19)21/h5-10,14-16,30,36H,12-13H2,1-4H3,(H,31,33)(H2,28,32,35)/b24-23+. The van der Waals surface area contributed by atoms with Gasteiger partial charge in [0, 0.05) is 37.9 Å². The molecule has 5 N–H and O–H groups in total. The minimum atomic E-state index is -0.147. The van der Waals surface area contributed by atoms with Gasteiger partial charge >= 0.3 is 0 Å². The molecule has 0 bridgehead atoms. The number of aromatic nitrogens is 2. The summed E-state index contributed by atoms with van der Waals surface area (Å²) in [7, 11) is 1.78. The van der Waals surface area contributed by atoms with Crippen molar-refractivity contribution in [1.82, 2.24) is 20.3 Å². The highest BCUT2D eigenvalue weighted by atomic mass is 16.5. The molecule has 3 rings (SSSR count). The summed E-state index contributed by atoms with van der Waals surface area (Å²) >= 11 is 0. The maximum absolute atomic E-state index is 11.2. The molecule has 3 aromatic rings. The molecule has 36 heavy (non-hydrogen) atoms. The Morgan fingerprint density at radius 1 is 1.33 bits per heavy atom. The molecule has 10 heteroatoms. The fourth-order valence-electron chi connectivity index (χ4n) is 3.77. The highest BCUT2D eigenvalue weighted by Gasteiger charge is 2.22. The Kier molecular flexibility index (Phi) is 8.54. The molecule has 2 aromatic heterocycles. The van der Waals surface area contributed by atoms with E-state index in [1.807, 2.05) is 39.0 Å². The summed E-state index contributed by atoms with van der Waals surface area (Å²) in [5, 5.41) is 23.8. The number of amidine groups is 2. The van der Waals surface area contributed by atoms with Crippen molar-refractivity contribution in [3.05, 3.63) is 70.7 Å². The third kappa shape index (κ3) is 5.95. The predicted molar refractivity (Wildman–Crippen MR) is 140 cm³/mol. The minimum Gasteiger partial charge on any atom is -0.383 e. The van der Waals surface area contributed by atoms with Crippen LogP contribution in [0, 0.1) is 24.2 Å². The molecule has 0 aliphatic heterocycles. The summed E-state index contributed by atoms with van der Waals surface area (Å²) in [4.78, 5) is 23.9. The van der Waals surface area contributed by atoms with Gasteiger partial charge in [-0.25, -0.2) is 0 Å². The zero-order chi connectivity index (χ0) is 26.2. The van der Waals surface area contributed by atoms with Crippen LogP contribution in [-0.2, 0) is 18.4 Å². The molecular formula is C26H30N8O2. The highest BCUT2D eigenvalue weighted by molar-refractivity contribution is 6.27. The van der Waals surface area contributed by atoms with Gasteiger partial charge in [0.25, 0.3) is 0 Å². The Balaban J connectivity index is 2.24. The van der Waals surface area contributed by atoms with Crippen molar-refractivity contribution >= 4 is 34.7 Å². The van der Waals surface area contributed by atoms with Crippen molar-refractivity contribution in [2.75, 3.05) is 6.54 Å². The molecule has 1 amide bonds. The first kappa shape index (κ1) is 26.1. The van der Waals surface area contributed by atoms with Crippen LogP contribution in [0.25, 0.3) is 16.6 Å². The predicted octanol–water partition coefficient (Wildman–Crippen LogP) is 2.80. The van der Waals surface area contributed by atoms with Crippen LogP contribution in [0.3, 0.4) is 0 Å².